The average molecular weight is 353 g/mol. The van der Waals surface area contributed by atoms with Gasteiger partial charge in [0.25, 0.3) is 5.91 Å². The van der Waals surface area contributed by atoms with Crippen molar-refractivity contribution in [3.05, 3.63) is 23.0 Å². The van der Waals surface area contributed by atoms with E-state index in [4.69, 9.17) is 16.3 Å². The van der Waals surface area contributed by atoms with Crippen molar-refractivity contribution in [2.45, 2.75) is 59.5 Å². The lowest BCUT2D eigenvalue weighted by Gasteiger charge is -2.36. The molecular formula is C19H29ClN2O2. The van der Waals surface area contributed by atoms with Crippen molar-refractivity contribution in [1.82, 2.24) is 9.88 Å². The summed E-state index contributed by atoms with van der Waals surface area (Å²) in [7, 11) is 0. The zero-order valence-corrected chi connectivity index (χ0v) is 16.2. The standard InChI is InChI=1S/C19H29ClN2O2/c1-13(2)10-15-11-16(12-21-17(15)20)24-19(4,5)18(23)22-8-6-14(3)7-9-22/h11-14H,6-10H2,1-5H3. The van der Waals surface area contributed by atoms with Crippen molar-refractivity contribution >= 4 is 17.5 Å². The number of rotatable bonds is 5. The van der Waals surface area contributed by atoms with Gasteiger partial charge in [0.15, 0.2) is 5.60 Å². The second kappa shape index (κ2) is 7.73. The average Bonchev–Trinajstić information content (AvgIpc) is 2.50. The van der Waals surface area contributed by atoms with Gasteiger partial charge in [-0.2, -0.15) is 0 Å². The topological polar surface area (TPSA) is 42.4 Å². The number of ether oxygens (including phenoxy) is 1. The number of carbonyl (C=O) groups is 1. The van der Waals surface area contributed by atoms with Crippen LogP contribution in [-0.2, 0) is 11.2 Å². The molecule has 0 saturated carbocycles. The van der Waals surface area contributed by atoms with Crippen molar-refractivity contribution in [2.24, 2.45) is 11.8 Å². The third-order valence-corrected chi connectivity index (χ3v) is 4.81. The number of pyridine rings is 1. The Labute approximate surface area is 150 Å². The fraction of sp³-hybridized carbons (Fsp3) is 0.684. The highest BCUT2D eigenvalue weighted by molar-refractivity contribution is 6.30. The molecule has 1 amide bonds. The smallest absolute Gasteiger partial charge is 0.266 e. The first-order chi connectivity index (χ1) is 11.2. The number of aromatic nitrogens is 1. The van der Waals surface area contributed by atoms with E-state index in [0.717, 1.165) is 37.9 Å². The van der Waals surface area contributed by atoms with Gasteiger partial charge in [-0.25, -0.2) is 4.98 Å². The predicted molar refractivity (Wildman–Crippen MR) is 97.5 cm³/mol. The molecule has 1 aromatic heterocycles. The van der Waals surface area contributed by atoms with E-state index in [9.17, 15) is 4.79 Å². The van der Waals surface area contributed by atoms with E-state index in [1.165, 1.54) is 0 Å². The first kappa shape index (κ1) is 19.0. The number of likely N-dealkylation sites (tertiary alicyclic amines) is 1. The zero-order valence-electron chi connectivity index (χ0n) is 15.4. The normalized spacial score (nSPS) is 16.5. The van der Waals surface area contributed by atoms with E-state index >= 15 is 0 Å². The first-order valence-electron chi connectivity index (χ1n) is 8.82. The van der Waals surface area contributed by atoms with Crippen LogP contribution in [0.2, 0.25) is 5.15 Å². The SMILES string of the molecule is CC(C)Cc1cc(OC(C)(C)C(=O)N2CCC(C)CC2)cnc1Cl. The van der Waals surface area contributed by atoms with Gasteiger partial charge in [0.1, 0.15) is 10.9 Å². The highest BCUT2D eigenvalue weighted by atomic mass is 35.5. The Bertz CT molecular complexity index is 579. The second-order valence-electron chi connectivity index (χ2n) is 7.81. The van der Waals surface area contributed by atoms with Gasteiger partial charge in [0, 0.05) is 13.1 Å². The molecule has 0 atom stereocenters. The Morgan fingerprint density at radius 2 is 2.04 bits per heavy atom. The Morgan fingerprint density at radius 3 is 2.62 bits per heavy atom. The third-order valence-electron chi connectivity index (χ3n) is 4.47. The molecule has 1 aliphatic heterocycles. The van der Waals surface area contributed by atoms with Crippen molar-refractivity contribution in [2.75, 3.05) is 13.1 Å². The highest BCUT2D eigenvalue weighted by Crippen LogP contribution is 2.27. The van der Waals surface area contributed by atoms with Gasteiger partial charge in [0.05, 0.1) is 6.20 Å². The number of halogens is 1. The summed E-state index contributed by atoms with van der Waals surface area (Å²) in [4.78, 5) is 18.9. The molecule has 0 N–H and O–H groups in total. The summed E-state index contributed by atoms with van der Waals surface area (Å²) in [5.74, 6) is 1.80. The molecule has 2 heterocycles. The Kier molecular flexibility index (Phi) is 6.13. The van der Waals surface area contributed by atoms with Crippen LogP contribution in [0.25, 0.3) is 0 Å². The van der Waals surface area contributed by atoms with Crippen molar-refractivity contribution in [3.8, 4) is 5.75 Å². The molecule has 134 valence electrons. The Balaban J connectivity index is 2.09. The van der Waals surface area contributed by atoms with Crippen molar-refractivity contribution in [3.63, 3.8) is 0 Å². The zero-order chi connectivity index (χ0) is 17.9. The lowest BCUT2D eigenvalue weighted by atomic mass is 9.97. The van der Waals surface area contributed by atoms with Crippen LogP contribution in [0.5, 0.6) is 5.75 Å². The number of hydrogen-bond acceptors (Lipinski definition) is 3. The molecular weight excluding hydrogens is 324 g/mol. The summed E-state index contributed by atoms with van der Waals surface area (Å²) < 4.78 is 6.01. The van der Waals surface area contributed by atoms with Gasteiger partial charge in [-0.1, -0.05) is 32.4 Å². The van der Waals surface area contributed by atoms with Crippen LogP contribution in [0, 0.1) is 11.8 Å². The number of amides is 1. The van der Waals surface area contributed by atoms with Gasteiger partial charge < -0.3 is 9.64 Å². The Hall–Kier alpha value is -1.29. The van der Waals surface area contributed by atoms with E-state index in [1.54, 1.807) is 6.20 Å². The molecule has 0 spiro atoms. The summed E-state index contributed by atoms with van der Waals surface area (Å²) in [6.45, 7) is 11.8. The largest absolute Gasteiger partial charge is 0.476 e. The molecule has 0 bridgehead atoms. The molecule has 4 nitrogen and oxygen atoms in total. The minimum atomic E-state index is -0.912. The summed E-state index contributed by atoms with van der Waals surface area (Å²) in [6.07, 6.45) is 4.55. The van der Waals surface area contributed by atoms with E-state index < -0.39 is 5.60 Å². The maximum absolute atomic E-state index is 12.8. The van der Waals surface area contributed by atoms with Crippen LogP contribution in [0.15, 0.2) is 12.3 Å². The fourth-order valence-electron chi connectivity index (χ4n) is 3.04. The van der Waals surface area contributed by atoms with Crippen LogP contribution >= 0.6 is 11.6 Å². The molecule has 0 unspecified atom stereocenters. The van der Waals surface area contributed by atoms with Crippen molar-refractivity contribution in [1.29, 1.82) is 0 Å². The third kappa shape index (κ3) is 4.85. The van der Waals surface area contributed by atoms with E-state index in [-0.39, 0.29) is 5.91 Å². The van der Waals surface area contributed by atoms with Crippen molar-refractivity contribution < 1.29 is 9.53 Å². The van der Waals surface area contributed by atoms with Crippen LogP contribution in [0.4, 0.5) is 0 Å². The number of piperidine rings is 1. The maximum atomic E-state index is 12.8. The molecule has 24 heavy (non-hydrogen) atoms. The molecule has 1 aromatic rings. The molecule has 0 radical (unpaired) electrons. The minimum absolute atomic E-state index is 0.0368. The molecule has 5 heteroatoms. The van der Waals surface area contributed by atoms with Gasteiger partial charge >= 0.3 is 0 Å². The Morgan fingerprint density at radius 1 is 1.42 bits per heavy atom. The van der Waals surface area contributed by atoms with E-state index in [0.29, 0.717) is 22.7 Å². The highest BCUT2D eigenvalue weighted by Gasteiger charge is 2.35. The molecule has 1 aliphatic rings. The first-order valence-corrected chi connectivity index (χ1v) is 9.19. The van der Waals surface area contributed by atoms with Crippen LogP contribution in [0.1, 0.15) is 53.0 Å². The van der Waals surface area contributed by atoms with Gasteiger partial charge in [-0.05, 0) is 56.6 Å². The summed E-state index contributed by atoms with van der Waals surface area (Å²) in [5, 5.41) is 0.505. The van der Waals surface area contributed by atoms with Gasteiger partial charge in [-0.3, -0.25) is 4.79 Å². The molecule has 1 fully saturated rings. The molecule has 0 aliphatic carbocycles. The maximum Gasteiger partial charge on any atom is 0.266 e. The number of carbonyl (C=O) groups excluding carboxylic acids is 1. The molecule has 0 aromatic carbocycles. The van der Waals surface area contributed by atoms with Crippen LogP contribution in [-0.4, -0.2) is 34.5 Å². The van der Waals surface area contributed by atoms with E-state index in [1.807, 2.05) is 24.8 Å². The molecule has 1 saturated heterocycles. The number of nitrogens with zero attached hydrogens (tertiary/aromatic N) is 2. The predicted octanol–water partition coefficient (Wildman–Crippen LogP) is 4.35. The monoisotopic (exact) mass is 352 g/mol. The second-order valence-corrected chi connectivity index (χ2v) is 8.16. The summed E-state index contributed by atoms with van der Waals surface area (Å²) in [6, 6.07) is 1.91. The molecule has 2 rings (SSSR count). The van der Waals surface area contributed by atoms with Gasteiger partial charge in [-0.15, -0.1) is 0 Å². The lowest BCUT2D eigenvalue weighted by molar-refractivity contribution is -0.146. The van der Waals surface area contributed by atoms with Gasteiger partial charge in [0.2, 0.25) is 0 Å². The quantitative estimate of drug-likeness (QED) is 0.740. The van der Waals surface area contributed by atoms with E-state index in [2.05, 4.69) is 25.8 Å². The van der Waals surface area contributed by atoms with Crippen LogP contribution in [0.3, 0.4) is 0 Å². The summed E-state index contributed by atoms with van der Waals surface area (Å²) >= 11 is 6.17. The van der Waals surface area contributed by atoms with Crippen LogP contribution < -0.4 is 4.74 Å². The summed E-state index contributed by atoms with van der Waals surface area (Å²) in [5.41, 5.74) is 0.0461. The lowest BCUT2D eigenvalue weighted by Crippen LogP contribution is -2.51. The minimum Gasteiger partial charge on any atom is -0.476 e. The number of hydrogen-bond donors (Lipinski definition) is 0. The fourth-order valence-corrected chi connectivity index (χ4v) is 3.22.